The summed E-state index contributed by atoms with van der Waals surface area (Å²) in [5, 5.41) is 103. The van der Waals surface area contributed by atoms with E-state index in [9.17, 15) is 70.9 Å². The van der Waals surface area contributed by atoms with Crippen molar-refractivity contribution in [3.05, 3.63) is 72.8 Å². The maximum absolute atomic E-state index is 11.2. The first-order valence-corrected chi connectivity index (χ1v) is 7.54. The zero-order valence-corrected chi connectivity index (χ0v) is 18.4. The Bertz CT molecular complexity index is 1100. The molecule has 0 aliphatic rings. The van der Waals surface area contributed by atoms with E-state index in [0.717, 1.165) is 0 Å². The van der Waals surface area contributed by atoms with Crippen molar-refractivity contribution in [2.45, 2.75) is 0 Å². The first-order valence-electron chi connectivity index (χ1n) is 7.54. The van der Waals surface area contributed by atoms with Gasteiger partial charge in [-0.15, -0.1) is 0 Å². The molecule has 0 saturated carbocycles. The molecule has 0 atom stereocenters. The van der Waals surface area contributed by atoms with Crippen molar-refractivity contribution >= 4 is 71.9 Å². The Labute approximate surface area is 217 Å². The van der Waals surface area contributed by atoms with Gasteiger partial charge in [0.1, 0.15) is 0 Å². The zero-order valence-electron chi connectivity index (χ0n) is 16.2. The van der Waals surface area contributed by atoms with Gasteiger partial charge in [-0.25, -0.2) is 0 Å². The molecule has 0 unspecified atom stereocenters. The van der Waals surface area contributed by atoms with Crippen molar-refractivity contribution < 1.29 is 50.0 Å². The number of nitrogens with zero attached hydrogens (tertiary/aromatic N) is 6. The van der Waals surface area contributed by atoms with Gasteiger partial charge in [0.05, 0.1) is 53.2 Å². The van der Waals surface area contributed by atoms with E-state index < -0.39 is 86.7 Å². The molecule has 2 rings (SSSR count). The third kappa shape index (κ3) is 6.21. The smallest absolute Gasteiger partial charge is 0.863 e. The summed E-state index contributed by atoms with van der Waals surface area (Å²) in [6.45, 7) is 0. The van der Waals surface area contributed by atoms with E-state index in [-0.39, 0.29) is 49.9 Å². The number of hydrogen-bond acceptors (Lipinski definition) is 16. The third-order valence-electron chi connectivity index (χ3n) is 3.53. The van der Waals surface area contributed by atoms with Gasteiger partial charge in [0.25, 0.3) is 22.9 Å². The van der Waals surface area contributed by atoms with Crippen molar-refractivity contribution in [1.82, 2.24) is 0 Å². The van der Waals surface area contributed by atoms with Gasteiger partial charge in [-0.3, -0.25) is 60.7 Å². The van der Waals surface area contributed by atoms with Crippen LogP contribution in [0.5, 0.6) is 23.0 Å². The van der Waals surface area contributed by atoms with Crippen LogP contribution in [-0.2, 0) is 0 Å². The summed E-state index contributed by atoms with van der Waals surface area (Å²) in [6.07, 6.45) is 0. The molecule has 0 aliphatic heterocycles. The molecule has 35 heavy (non-hydrogen) atoms. The van der Waals surface area contributed by atoms with E-state index >= 15 is 0 Å². The normalized spacial score (nSPS) is 9.60. The predicted molar refractivity (Wildman–Crippen MR) is 101 cm³/mol. The summed E-state index contributed by atoms with van der Waals surface area (Å²) < 4.78 is 0. The number of nitro benzene ring substituents is 6. The monoisotopic (exact) mass is 528 g/mol. The van der Waals surface area contributed by atoms with Crippen molar-refractivity contribution in [1.29, 1.82) is 0 Å². The Hall–Kier alpha value is -4.70. The van der Waals surface area contributed by atoms with Gasteiger partial charge in [-0.1, -0.05) is 0 Å². The van der Waals surface area contributed by atoms with Crippen LogP contribution in [0.25, 0.3) is 0 Å². The molecule has 0 bridgehead atoms. The summed E-state index contributed by atoms with van der Waals surface area (Å²) in [6, 6.07) is 0.343. The number of hydrogen-bond donors (Lipinski definition) is 2. The molecule has 0 amide bonds. The minimum atomic E-state index is -1.69. The Morgan fingerprint density at radius 1 is 0.486 bits per heavy atom. The van der Waals surface area contributed by atoms with Crippen LogP contribution in [0.2, 0.25) is 0 Å². The molecule has 0 saturated heterocycles. The minimum absolute atomic E-state index is 0. The molecule has 0 spiro atoms. The summed E-state index contributed by atoms with van der Waals surface area (Å²) in [7, 11) is 0. The van der Waals surface area contributed by atoms with Crippen LogP contribution in [-0.4, -0.2) is 77.5 Å². The summed E-state index contributed by atoms with van der Waals surface area (Å²) >= 11 is 0. The molecule has 0 aliphatic carbocycles. The van der Waals surface area contributed by atoms with E-state index in [1.54, 1.807) is 0 Å². The predicted octanol–water partition coefficient (Wildman–Crippen LogP) is -0.000000000000000555. The van der Waals surface area contributed by atoms with E-state index in [0.29, 0.717) is 0 Å². The molecule has 23 heteroatoms. The van der Waals surface area contributed by atoms with Crippen LogP contribution in [0.4, 0.5) is 34.1 Å². The first kappa shape index (κ1) is 30.3. The molecule has 22 nitrogen and oxygen atoms in total. The van der Waals surface area contributed by atoms with Gasteiger partial charge < -0.3 is 20.4 Å². The Morgan fingerprint density at radius 2 is 0.714 bits per heavy atom. The standard InChI is InChI=1S/2C6H3N3O8.Ca/c2*10-5-2(7(12)13)1-3(8(14)15)6(11)4(5)9(16)17;/h2*1,10-11H;/q;;+2/p-2. The largest absolute Gasteiger partial charge is 2.00 e. The van der Waals surface area contributed by atoms with Gasteiger partial charge in [-0.2, -0.15) is 0 Å². The van der Waals surface area contributed by atoms with Crippen molar-refractivity contribution in [3.63, 3.8) is 0 Å². The Balaban J connectivity index is 0.000000642. The van der Waals surface area contributed by atoms with Crippen LogP contribution < -0.4 is 10.2 Å². The summed E-state index contributed by atoms with van der Waals surface area (Å²) in [5.41, 5.74) is -8.43. The topological polar surface area (TPSA) is 345 Å². The van der Waals surface area contributed by atoms with E-state index in [1.807, 2.05) is 0 Å². The van der Waals surface area contributed by atoms with E-state index in [4.69, 9.17) is 10.2 Å². The van der Waals surface area contributed by atoms with Crippen LogP contribution >= 0.6 is 0 Å². The second kappa shape index (κ2) is 11.4. The number of benzene rings is 2. The molecular weight excluding hydrogens is 524 g/mol. The second-order valence-corrected chi connectivity index (χ2v) is 5.42. The fraction of sp³-hybridized carbons (Fsp3) is 0. The number of phenols is 2. The molecule has 2 N–H and O–H groups in total. The van der Waals surface area contributed by atoms with E-state index in [2.05, 4.69) is 0 Å². The quantitative estimate of drug-likeness (QED) is 0.283. The number of nitro groups is 6. The van der Waals surface area contributed by atoms with E-state index in [1.165, 1.54) is 0 Å². The average molecular weight is 528 g/mol. The van der Waals surface area contributed by atoms with Crippen LogP contribution in [0, 0.1) is 60.7 Å². The van der Waals surface area contributed by atoms with Crippen molar-refractivity contribution in [2.75, 3.05) is 0 Å². The molecule has 2 aromatic rings. The minimum Gasteiger partial charge on any atom is -0.863 e. The maximum atomic E-state index is 11.2. The number of rotatable bonds is 6. The Morgan fingerprint density at radius 3 is 0.886 bits per heavy atom. The molecule has 180 valence electrons. The number of phenolic OH excluding ortho intramolecular Hbond substituents is 2. The summed E-state index contributed by atoms with van der Waals surface area (Å²) in [5.74, 6) is -6.39. The summed E-state index contributed by atoms with van der Waals surface area (Å²) in [4.78, 5) is 54.3. The number of aromatic hydroxyl groups is 2. The van der Waals surface area contributed by atoms with Crippen LogP contribution in [0.15, 0.2) is 12.1 Å². The first-order chi connectivity index (χ1) is 15.5. The van der Waals surface area contributed by atoms with Crippen LogP contribution in [0.1, 0.15) is 0 Å². The Kier molecular flexibility index (Phi) is 9.90. The molecule has 0 aromatic heterocycles. The van der Waals surface area contributed by atoms with Crippen molar-refractivity contribution in [3.8, 4) is 23.0 Å². The fourth-order valence-corrected chi connectivity index (χ4v) is 2.12. The molecule has 2 aromatic carbocycles. The van der Waals surface area contributed by atoms with Gasteiger partial charge in [-0.05, 0) is 0 Å². The zero-order chi connectivity index (χ0) is 26.7. The SMILES string of the molecule is O=[N+]([O-])c1cc([N+](=O)[O-])c(O)c([N+](=O)[O-])c1[O-].O=[N+]([O-])c1cc([N+](=O)[O-])c(O)c([N+](=O)[O-])c1[O-].[Ca+2]. The maximum Gasteiger partial charge on any atom is 2.00 e. The molecule has 0 fully saturated rings. The van der Waals surface area contributed by atoms with Crippen LogP contribution in [0.3, 0.4) is 0 Å². The fourth-order valence-electron chi connectivity index (χ4n) is 2.12. The van der Waals surface area contributed by atoms with Crippen molar-refractivity contribution in [2.24, 2.45) is 0 Å². The third-order valence-corrected chi connectivity index (χ3v) is 3.53. The molecule has 0 radical (unpaired) electrons. The molecule has 0 heterocycles. The van der Waals surface area contributed by atoms with Gasteiger partial charge >= 0.3 is 60.5 Å². The second-order valence-electron chi connectivity index (χ2n) is 5.42. The van der Waals surface area contributed by atoms with Gasteiger partial charge in [0, 0.05) is 0 Å². The van der Waals surface area contributed by atoms with Gasteiger partial charge in [0.2, 0.25) is 0 Å². The average Bonchev–Trinajstić information content (AvgIpc) is 2.66. The molecular formula is C12H4CaN6O16. The van der Waals surface area contributed by atoms with Gasteiger partial charge in [0.15, 0.2) is 0 Å².